The van der Waals surface area contributed by atoms with Crippen LogP contribution in [0.15, 0.2) is 69.7 Å². The molecule has 9 heteroatoms. The molecule has 0 bridgehead atoms. The van der Waals surface area contributed by atoms with Crippen LogP contribution in [0.4, 0.5) is 11.4 Å². The summed E-state index contributed by atoms with van der Waals surface area (Å²) in [7, 11) is -3.02. The number of methoxy groups -OCH3 is 1. The molecule has 0 amide bonds. The Morgan fingerprint density at radius 3 is 2.15 bits per heavy atom. The summed E-state index contributed by atoms with van der Waals surface area (Å²) in [5.74, 6) is 0.239. The molecule has 0 aromatic heterocycles. The molecule has 0 aliphatic heterocycles. The molecule has 2 N–H and O–H groups in total. The van der Waals surface area contributed by atoms with E-state index in [1.54, 1.807) is 36.4 Å². The normalized spacial score (nSPS) is 11.5. The van der Waals surface area contributed by atoms with Crippen LogP contribution in [-0.2, 0) is 10.1 Å². The van der Waals surface area contributed by atoms with Crippen molar-refractivity contribution in [1.29, 1.82) is 0 Å². The summed E-state index contributed by atoms with van der Waals surface area (Å²) < 4.78 is 38.0. The molecule has 0 spiro atoms. The Balaban J connectivity index is 0.00000243. The van der Waals surface area contributed by atoms with Crippen molar-refractivity contribution in [2.45, 2.75) is 4.90 Å². The Morgan fingerprint density at radius 1 is 0.923 bits per heavy atom. The molecule has 128 valence electrons. The second-order valence-corrected chi connectivity index (χ2v) is 6.52. The van der Waals surface area contributed by atoms with E-state index in [1.165, 1.54) is 19.2 Å². The third-order valence-corrected chi connectivity index (χ3v) is 4.48. The number of phenols is 1. The van der Waals surface area contributed by atoms with Gasteiger partial charge in [0.15, 0.2) is 5.75 Å². The molecule has 0 aliphatic rings. The third-order valence-electron chi connectivity index (χ3n) is 3.59. The summed E-state index contributed by atoms with van der Waals surface area (Å²) in [6.07, 6.45) is 0. The van der Waals surface area contributed by atoms with E-state index < -0.39 is 10.1 Å². The fraction of sp³-hybridized carbons (Fsp3) is 0.0588. The van der Waals surface area contributed by atoms with E-state index in [-0.39, 0.29) is 56.7 Å². The fourth-order valence-corrected chi connectivity index (χ4v) is 3.14. The van der Waals surface area contributed by atoms with Crippen molar-refractivity contribution in [3.63, 3.8) is 0 Å². The van der Waals surface area contributed by atoms with E-state index in [0.717, 1.165) is 6.07 Å². The average molecular weight is 381 g/mol. The van der Waals surface area contributed by atoms with Gasteiger partial charge in [0.1, 0.15) is 22.0 Å². The van der Waals surface area contributed by atoms with Crippen LogP contribution in [-0.4, -0.2) is 25.2 Å². The summed E-state index contributed by atoms with van der Waals surface area (Å²) in [5, 5.41) is 18.7. The summed E-state index contributed by atoms with van der Waals surface area (Å²) in [5.41, 5.74) is 0.322. The standard InChI is InChI=1S/C17H14N2O5S.Na/c1-24-15-9-5-4-8-13(15)18-19-14-10-16(25(21,22)23)11-6-2-3-7-12(11)17(14)20;/h2-10,20H,1H3,(H,21,22,23);/q;+1. The molecule has 0 saturated heterocycles. The van der Waals surface area contributed by atoms with Gasteiger partial charge in [-0.1, -0.05) is 36.4 Å². The summed E-state index contributed by atoms with van der Waals surface area (Å²) in [6, 6.07) is 14.2. The van der Waals surface area contributed by atoms with E-state index in [9.17, 15) is 18.1 Å². The molecule has 0 radical (unpaired) electrons. The Bertz CT molecular complexity index is 1080. The monoisotopic (exact) mass is 381 g/mol. The molecule has 0 heterocycles. The van der Waals surface area contributed by atoms with Crippen molar-refractivity contribution in [1.82, 2.24) is 0 Å². The van der Waals surface area contributed by atoms with E-state index in [1.807, 2.05) is 0 Å². The van der Waals surface area contributed by atoms with Crippen LogP contribution in [0, 0.1) is 0 Å². The summed E-state index contributed by atoms with van der Waals surface area (Å²) in [4.78, 5) is -0.352. The maximum absolute atomic E-state index is 11.7. The van der Waals surface area contributed by atoms with Crippen molar-refractivity contribution in [2.24, 2.45) is 10.2 Å². The molecular formula is C17H14N2NaO5S+. The Morgan fingerprint density at radius 2 is 1.50 bits per heavy atom. The molecule has 0 atom stereocenters. The van der Waals surface area contributed by atoms with Crippen molar-refractivity contribution < 1.29 is 52.4 Å². The van der Waals surface area contributed by atoms with Crippen LogP contribution < -0.4 is 34.3 Å². The minimum absolute atomic E-state index is 0. The number of phenolic OH excluding ortho intramolecular Hbond substituents is 1. The number of hydrogen-bond donors (Lipinski definition) is 2. The zero-order chi connectivity index (χ0) is 18.0. The number of aromatic hydroxyl groups is 1. The van der Waals surface area contributed by atoms with Gasteiger partial charge in [-0.05, 0) is 18.2 Å². The number of benzene rings is 3. The summed E-state index contributed by atoms with van der Waals surface area (Å²) in [6.45, 7) is 0. The van der Waals surface area contributed by atoms with Crippen LogP contribution in [0.5, 0.6) is 11.5 Å². The Labute approximate surface area is 172 Å². The number of ether oxygens (including phenoxy) is 1. The smallest absolute Gasteiger partial charge is 0.505 e. The molecule has 0 aliphatic carbocycles. The van der Waals surface area contributed by atoms with Crippen LogP contribution in [0.2, 0.25) is 0 Å². The van der Waals surface area contributed by atoms with E-state index in [2.05, 4.69) is 10.2 Å². The molecule has 0 fully saturated rings. The van der Waals surface area contributed by atoms with Crippen molar-refractivity contribution >= 4 is 32.3 Å². The van der Waals surface area contributed by atoms with Gasteiger partial charge in [-0.3, -0.25) is 4.55 Å². The first-order chi connectivity index (χ1) is 11.9. The van der Waals surface area contributed by atoms with Gasteiger partial charge in [0, 0.05) is 10.8 Å². The minimum atomic E-state index is -4.50. The van der Waals surface area contributed by atoms with E-state index >= 15 is 0 Å². The van der Waals surface area contributed by atoms with Gasteiger partial charge in [-0.2, -0.15) is 8.42 Å². The van der Waals surface area contributed by atoms with Crippen LogP contribution in [0.1, 0.15) is 0 Å². The number of azo groups is 1. The predicted molar refractivity (Wildman–Crippen MR) is 92.6 cm³/mol. The van der Waals surface area contributed by atoms with Gasteiger partial charge in [0.25, 0.3) is 10.1 Å². The van der Waals surface area contributed by atoms with Crippen LogP contribution in [0.3, 0.4) is 0 Å². The Hall–Kier alpha value is -1.97. The van der Waals surface area contributed by atoms with Gasteiger partial charge in [-0.25, -0.2) is 0 Å². The summed E-state index contributed by atoms with van der Waals surface area (Å²) >= 11 is 0. The predicted octanol–water partition coefficient (Wildman–Crippen LogP) is 1.22. The second kappa shape index (κ2) is 8.15. The van der Waals surface area contributed by atoms with Crippen molar-refractivity contribution in [3.05, 3.63) is 54.6 Å². The third kappa shape index (κ3) is 4.05. The number of fused-ring (bicyclic) bond motifs is 1. The van der Waals surface area contributed by atoms with Gasteiger partial charge in [0.2, 0.25) is 0 Å². The molecular weight excluding hydrogens is 367 g/mol. The van der Waals surface area contributed by atoms with Gasteiger partial charge < -0.3 is 9.84 Å². The largest absolute Gasteiger partial charge is 1.00 e. The molecule has 0 saturated carbocycles. The van der Waals surface area contributed by atoms with Crippen molar-refractivity contribution in [2.75, 3.05) is 7.11 Å². The SMILES string of the molecule is COc1ccccc1N=Nc1cc(S(=O)(=O)O)c2ccccc2c1O.[Na+]. The Kier molecular flexibility index (Phi) is 6.38. The topological polar surface area (TPSA) is 109 Å². The van der Waals surface area contributed by atoms with Gasteiger partial charge in [-0.15, -0.1) is 10.2 Å². The zero-order valence-corrected chi connectivity index (χ0v) is 16.9. The van der Waals surface area contributed by atoms with Gasteiger partial charge in [0.05, 0.1) is 7.11 Å². The van der Waals surface area contributed by atoms with Gasteiger partial charge >= 0.3 is 29.6 Å². The zero-order valence-electron chi connectivity index (χ0n) is 14.1. The number of para-hydroxylation sites is 1. The molecule has 3 rings (SSSR count). The first-order valence-electron chi connectivity index (χ1n) is 7.19. The number of nitrogens with zero attached hydrogens (tertiary/aromatic N) is 2. The quantitative estimate of drug-likeness (QED) is 0.401. The maximum Gasteiger partial charge on any atom is 1.00 e. The first kappa shape index (κ1) is 20.3. The first-order valence-corrected chi connectivity index (χ1v) is 8.63. The number of rotatable bonds is 4. The molecule has 7 nitrogen and oxygen atoms in total. The van der Waals surface area contributed by atoms with Crippen LogP contribution in [0.25, 0.3) is 10.8 Å². The fourth-order valence-electron chi connectivity index (χ4n) is 2.42. The average Bonchev–Trinajstić information content (AvgIpc) is 2.60. The number of hydrogen-bond acceptors (Lipinski definition) is 6. The minimum Gasteiger partial charge on any atom is -0.505 e. The van der Waals surface area contributed by atoms with Crippen LogP contribution >= 0.6 is 0 Å². The maximum atomic E-state index is 11.7. The van der Waals surface area contributed by atoms with E-state index in [4.69, 9.17) is 4.74 Å². The van der Waals surface area contributed by atoms with E-state index in [0.29, 0.717) is 11.4 Å². The molecule has 3 aromatic carbocycles. The molecule has 3 aromatic rings. The second-order valence-electron chi connectivity index (χ2n) is 5.13. The molecule has 26 heavy (non-hydrogen) atoms. The van der Waals surface area contributed by atoms with Crippen molar-refractivity contribution in [3.8, 4) is 11.5 Å². The molecule has 0 unspecified atom stereocenters.